The number of hydrogen-bond acceptors (Lipinski definition) is 6. The number of nitrogens with one attached hydrogen (secondary N) is 1. The fourth-order valence-electron chi connectivity index (χ4n) is 3.70. The third-order valence-corrected chi connectivity index (χ3v) is 6.35. The van der Waals surface area contributed by atoms with Gasteiger partial charge in [-0.3, -0.25) is 18.7 Å². The normalized spacial score (nSPS) is 14.8. The number of rotatable bonds is 4. The van der Waals surface area contributed by atoms with Gasteiger partial charge in [0.2, 0.25) is 5.91 Å². The highest BCUT2D eigenvalue weighted by Crippen LogP contribution is 2.30. The van der Waals surface area contributed by atoms with Gasteiger partial charge in [-0.05, 0) is 32.1 Å². The maximum atomic E-state index is 13.0. The van der Waals surface area contributed by atoms with Gasteiger partial charge in [0.1, 0.15) is 6.04 Å². The molecule has 3 aromatic rings. The summed E-state index contributed by atoms with van der Waals surface area (Å²) in [6, 6.07) is -0.629. The summed E-state index contributed by atoms with van der Waals surface area (Å²) < 4.78 is 3.90. The summed E-state index contributed by atoms with van der Waals surface area (Å²) in [6.45, 7) is 1.87. The van der Waals surface area contributed by atoms with Gasteiger partial charge < -0.3 is 9.88 Å². The smallest absolute Gasteiger partial charge is 0.312 e. The minimum atomic E-state index is -0.629. The van der Waals surface area contributed by atoms with Crippen LogP contribution in [0.4, 0.5) is 5.13 Å². The van der Waals surface area contributed by atoms with Crippen LogP contribution >= 0.6 is 11.3 Å². The minimum absolute atomic E-state index is 0.241. The fourth-order valence-corrected chi connectivity index (χ4v) is 4.76. The molecule has 1 atom stereocenters. The van der Waals surface area contributed by atoms with Gasteiger partial charge in [-0.25, -0.2) is 14.8 Å². The van der Waals surface area contributed by atoms with E-state index in [0.717, 1.165) is 35.9 Å². The first-order valence-electron chi connectivity index (χ1n) is 9.34. The van der Waals surface area contributed by atoms with E-state index >= 15 is 0 Å². The molecule has 10 heteroatoms. The Bertz CT molecular complexity index is 1160. The van der Waals surface area contributed by atoms with E-state index in [1.807, 2.05) is 6.92 Å². The summed E-state index contributed by atoms with van der Waals surface area (Å²) in [4.78, 5) is 47.8. The molecule has 0 radical (unpaired) electrons. The molecule has 148 valence electrons. The van der Waals surface area contributed by atoms with E-state index in [4.69, 9.17) is 0 Å². The summed E-state index contributed by atoms with van der Waals surface area (Å²) in [6.07, 6.45) is 6.17. The van der Waals surface area contributed by atoms with Crippen LogP contribution in [-0.4, -0.2) is 29.6 Å². The summed E-state index contributed by atoms with van der Waals surface area (Å²) >= 11 is 1.52. The van der Waals surface area contributed by atoms with Crippen molar-refractivity contribution >= 4 is 33.5 Å². The van der Waals surface area contributed by atoms with E-state index in [-0.39, 0.29) is 17.1 Å². The second-order valence-corrected chi connectivity index (χ2v) is 8.12. The molecule has 0 saturated carbocycles. The standard InChI is InChI=1S/C18H22N6O3S/c1-4-11(15(25)21-17-20-10-7-5-6-8-12(10)28-17)24-9-19-14-13(24)16(26)23(3)18(27)22(14)2/h9,11H,4-8H2,1-3H3,(H,20,21,25). The number of aromatic nitrogens is 5. The molecule has 0 aliphatic heterocycles. The SMILES string of the molecule is CCC(C(=O)Nc1nc2c(s1)CCCC2)n1cnc2c1c(=O)n(C)c(=O)n2C. The van der Waals surface area contributed by atoms with Crippen LogP contribution in [0.1, 0.15) is 42.8 Å². The molecule has 3 aromatic heterocycles. The van der Waals surface area contributed by atoms with Crippen molar-refractivity contribution in [1.82, 2.24) is 23.7 Å². The molecule has 1 amide bonds. The lowest BCUT2D eigenvalue weighted by Crippen LogP contribution is -2.38. The molecule has 4 rings (SSSR count). The number of anilines is 1. The van der Waals surface area contributed by atoms with Crippen LogP contribution in [0.2, 0.25) is 0 Å². The second-order valence-electron chi connectivity index (χ2n) is 7.04. The number of nitrogens with zero attached hydrogens (tertiary/aromatic N) is 5. The highest BCUT2D eigenvalue weighted by atomic mass is 32.1. The van der Waals surface area contributed by atoms with Crippen molar-refractivity contribution in [2.24, 2.45) is 14.1 Å². The zero-order chi connectivity index (χ0) is 20.0. The fraction of sp³-hybridized carbons (Fsp3) is 0.500. The molecule has 0 fully saturated rings. The van der Waals surface area contributed by atoms with Crippen LogP contribution in [0.25, 0.3) is 11.2 Å². The van der Waals surface area contributed by atoms with E-state index in [9.17, 15) is 14.4 Å². The molecule has 0 bridgehead atoms. The Morgan fingerprint density at radius 2 is 2.00 bits per heavy atom. The quantitative estimate of drug-likeness (QED) is 0.710. The number of hydrogen-bond donors (Lipinski definition) is 1. The lowest BCUT2D eigenvalue weighted by molar-refractivity contribution is -0.119. The van der Waals surface area contributed by atoms with Crippen molar-refractivity contribution in [2.75, 3.05) is 5.32 Å². The van der Waals surface area contributed by atoms with Crippen LogP contribution in [0.5, 0.6) is 0 Å². The van der Waals surface area contributed by atoms with Gasteiger partial charge in [0.25, 0.3) is 5.56 Å². The number of carbonyl (C=O) groups is 1. The number of carbonyl (C=O) groups excluding carboxylic acids is 1. The summed E-state index contributed by atoms with van der Waals surface area (Å²) in [5.74, 6) is -0.246. The van der Waals surface area contributed by atoms with Crippen molar-refractivity contribution in [3.8, 4) is 0 Å². The van der Waals surface area contributed by atoms with Crippen LogP contribution < -0.4 is 16.6 Å². The zero-order valence-electron chi connectivity index (χ0n) is 16.1. The van der Waals surface area contributed by atoms with E-state index in [2.05, 4.69) is 15.3 Å². The summed E-state index contributed by atoms with van der Waals surface area (Å²) in [5, 5.41) is 3.50. The van der Waals surface area contributed by atoms with Crippen LogP contribution in [0.3, 0.4) is 0 Å². The third kappa shape index (κ3) is 2.88. The molecular formula is C18H22N6O3S. The molecule has 1 aliphatic carbocycles. The summed E-state index contributed by atoms with van der Waals surface area (Å²) in [7, 11) is 2.98. The van der Waals surface area contributed by atoms with E-state index in [0.29, 0.717) is 11.6 Å². The molecule has 0 aromatic carbocycles. The van der Waals surface area contributed by atoms with Gasteiger partial charge in [-0.2, -0.15) is 0 Å². The summed E-state index contributed by atoms with van der Waals surface area (Å²) in [5.41, 5.74) is 0.672. The predicted molar refractivity (Wildman–Crippen MR) is 107 cm³/mol. The van der Waals surface area contributed by atoms with E-state index in [1.54, 1.807) is 11.6 Å². The maximum Gasteiger partial charge on any atom is 0.332 e. The Morgan fingerprint density at radius 3 is 2.71 bits per heavy atom. The second kappa shape index (κ2) is 7.01. The van der Waals surface area contributed by atoms with Crippen molar-refractivity contribution in [3.05, 3.63) is 37.7 Å². The first-order valence-corrected chi connectivity index (χ1v) is 10.2. The Morgan fingerprint density at radius 1 is 1.25 bits per heavy atom. The highest BCUT2D eigenvalue weighted by Gasteiger charge is 2.25. The molecular weight excluding hydrogens is 380 g/mol. The molecule has 1 aliphatic rings. The first kappa shape index (κ1) is 18.6. The van der Waals surface area contributed by atoms with Gasteiger partial charge in [-0.15, -0.1) is 11.3 Å². The van der Waals surface area contributed by atoms with E-state index in [1.165, 1.54) is 34.2 Å². The van der Waals surface area contributed by atoms with Gasteiger partial charge in [0, 0.05) is 19.0 Å². The number of thiazole rings is 1. The average Bonchev–Trinajstić information content (AvgIpc) is 3.29. The Kier molecular flexibility index (Phi) is 4.66. The molecule has 0 spiro atoms. The number of fused-ring (bicyclic) bond motifs is 2. The monoisotopic (exact) mass is 402 g/mol. The predicted octanol–water partition coefficient (Wildman–Crippen LogP) is 1.36. The first-order chi connectivity index (χ1) is 13.4. The van der Waals surface area contributed by atoms with Crippen molar-refractivity contribution < 1.29 is 4.79 Å². The van der Waals surface area contributed by atoms with Crippen LogP contribution in [0, 0.1) is 0 Å². The molecule has 3 heterocycles. The largest absolute Gasteiger partial charge is 0.332 e. The Hall–Kier alpha value is -2.75. The highest BCUT2D eigenvalue weighted by molar-refractivity contribution is 7.15. The molecule has 9 nitrogen and oxygen atoms in total. The van der Waals surface area contributed by atoms with Gasteiger partial charge in [0.15, 0.2) is 16.3 Å². The van der Waals surface area contributed by atoms with Crippen molar-refractivity contribution in [2.45, 2.75) is 45.1 Å². The lowest BCUT2D eigenvalue weighted by Gasteiger charge is -2.16. The van der Waals surface area contributed by atoms with Crippen LogP contribution in [-0.2, 0) is 31.7 Å². The molecule has 0 saturated heterocycles. The Labute approximate surface area is 164 Å². The molecule has 1 N–H and O–H groups in total. The third-order valence-electron chi connectivity index (χ3n) is 5.27. The van der Waals surface area contributed by atoms with Crippen molar-refractivity contribution in [1.29, 1.82) is 0 Å². The van der Waals surface area contributed by atoms with Gasteiger partial charge >= 0.3 is 5.69 Å². The number of imidazole rings is 1. The Balaban J connectivity index is 1.71. The van der Waals surface area contributed by atoms with Gasteiger partial charge in [0.05, 0.1) is 12.0 Å². The maximum absolute atomic E-state index is 13.0. The minimum Gasteiger partial charge on any atom is -0.312 e. The molecule has 1 unspecified atom stereocenters. The van der Waals surface area contributed by atoms with Crippen LogP contribution in [0.15, 0.2) is 15.9 Å². The lowest BCUT2D eigenvalue weighted by atomic mass is 10.0. The van der Waals surface area contributed by atoms with E-state index < -0.39 is 17.3 Å². The average molecular weight is 402 g/mol. The van der Waals surface area contributed by atoms with Gasteiger partial charge in [-0.1, -0.05) is 6.92 Å². The van der Waals surface area contributed by atoms with Crippen molar-refractivity contribution in [3.63, 3.8) is 0 Å². The zero-order valence-corrected chi connectivity index (χ0v) is 16.9. The molecule has 28 heavy (non-hydrogen) atoms. The number of aryl methyl sites for hydroxylation is 3. The number of amides is 1. The topological polar surface area (TPSA) is 104 Å².